The molecule has 3 unspecified atom stereocenters. The van der Waals surface area contributed by atoms with Gasteiger partial charge >= 0.3 is 5.97 Å². The van der Waals surface area contributed by atoms with Gasteiger partial charge in [-0.1, -0.05) is 23.7 Å². The molecule has 0 aliphatic carbocycles. The number of benzene rings is 1. The summed E-state index contributed by atoms with van der Waals surface area (Å²) in [6.07, 6.45) is 1.01. The standard InChI is InChI=1S/C15H19ClN2O2/c1-18-12-6-7-17-8-10(12)13(15(19)20-2)9-4-3-5-11(16)14(9)18/h3-5,10,12-13,17H,6-8H2,1-2H3. The van der Waals surface area contributed by atoms with Gasteiger partial charge in [0.2, 0.25) is 0 Å². The molecule has 3 rings (SSSR count). The minimum absolute atomic E-state index is 0.166. The number of nitrogens with zero attached hydrogens (tertiary/aromatic N) is 1. The number of hydrogen-bond acceptors (Lipinski definition) is 4. The highest BCUT2D eigenvalue weighted by Crippen LogP contribution is 2.46. The predicted molar refractivity (Wildman–Crippen MR) is 79.4 cm³/mol. The normalized spacial score (nSPS) is 28.6. The third kappa shape index (κ3) is 1.98. The van der Waals surface area contributed by atoms with E-state index in [-0.39, 0.29) is 17.8 Å². The molecule has 4 nitrogen and oxygen atoms in total. The van der Waals surface area contributed by atoms with Crippen LogP contribution in [0.2, 0.25) is 5.02 Å². The maximum Gasteiger partial charge on any atom is 0.313 e. The third-order valence-electron chi connectivity index (χ3n) is 4.58. The SMILES string of the molecule is COC(=O)C1c2cccc(Cl)c2N(C)C2CCNCC12. The van der Waals surface area contributed by atoms with E-state index in [9.17, 15) is 4.79 Å². The van der Waals surface area contributed by atoms with Crippen LogP contribution in [0.4, 0.5) is 5.69 Å². The first kappa shape index (κ1) is 13.7. The number of carbonyl (C=O) groups excluding carboxylic acids is 1. The summed E-state index contributed by atoms with van der Waals surface area (Å²) in [6.45, 7) is 1.81. The van der Waals surface area contributed by atoms with Crippen molar-refractivity contribution in [1.82, 2.24) is 5.32 Å². The van der Waals surface area contributed by atoms with Crippen LogP contribution in [-0.4, -0.2) is 39.3 Å². The molecule has 2 aliphatic rings. The number of anilines is 1. The predicted octanol–water partition coefficient (Wildman–Crippen LogP) is 2.02. The zero-order valence-electron chi connectivity index (χ0n) is 11.7. The van der Waals surface area contributed by atoms with Crippen molar-refractivity contribution < 1.29 is 9.53 Å². The van der Waals surface area contributed by atoms with Crippen molar-refractivity contribution >= 4 is 23.3 Å². The van der Waals surface area contributed by atoms with E-state index in [2.05, 4.69) is 17.3 Å². The summed E-state index contributed by atoms with van der Waals surface area (Å²) in [5.74, 6) is -0.171. The minimum atomic E-state index is -0.234. The fourth-order valence-corrected chi connectivity index (χ4v) is 3.99. The fraction of sp³-hybridized carbons (Fsp3) is 0.533. The number of ether oxygens (including phenoxy) is 1. The second kappa shape index (κ2) is 5.26. The molecule has 0 radical (unpaired) electrons. The monoisotopic (exact) mass is 294 g/mol. The lowest BCUT2D eigenvalue weighted by atomic mass is 9.74. The lowest BCUT2D eigenvalue weighted by Crippen LogP contribution is -2.55. The van der Waals surface area contributed by atoms with Gasteiger partial charge < -0.3 is 15.0 Å². The maximum absolute atomic E-state index is 12.3. The zero-order valence-corrected chi connectivity index (χ0v) is 12.5. The van der Waals surface area contributed by atoms with Crippen LogP contribution in [0.3, 0.4) is 0 Å². The Morgan fingerprint density at radius 2 is 2.30 bits per heavy atom. The number of rotatable bonds is 1. The lowest BCUT2D eigenvalue weighted by molar-refractivity contribution is -0.144. The van der Waals surface area contributed by atoms with Crippen LogP contribution >= 0.6 is 11.6 Å². The van der Waals surface area contributed by atoms with E-state index in [4.69, 9.17) is 16.3 Å². The number of methoxy groups -OCH3 is 1. The molecule has 2 heterocycles. The summed E-state index contributed by atoms with van der Waals surface area (Å²) in [7, 11) is 3.53. The van der Waals surface area contributed by atoms with Gasteiger partial charge in [-0.25, -0.2) is 0 Å². The second-order valence-electron chi connectivity index (χ2n) is 5.51. The first-order valence-corrected chi connectivity index (χ1v) is 7.32. The van der Waals surface area contributed by atoms with E-state index in [1.165, 1.54) is 7.11 Å². The number of hydrogen-bond donors (Lipinski definition) is 1. The Bertz CT molecular complexity index is 535. The van der Waals surface area contributed by atoms with Crippen LogP contribution in [-0.2, 0) is 9.53 Å². The first-order valence-electron chi connectivity index (χ1n) is 6.95. The smallest absolute Gasteiger partial charge is 0.313 e. The van der Waals surface area contributed by atoms with Gasteiger partial charge in [0.25, 0.3) is 0 Å². The highest BCUT2D eigenvalue weighted by molar-refractivity contribution is 6.33. The van der Waals surface area contributed by atoms with Gasteiger partial charge in [0.1, 0.15) is 0 Å². The molecule has 1 N–H and O–H groups in total. The van der Waals surface area contributed by atoms with Crippen LogP contribution in [0.1, 0.15) is 17.9 Å². The topological polar surface area (TPSA) is 41.6 Å². The fourth-order valence-electron chi connectivity index (χ4n) is 3.67. The van der Waals surface area contributed by atoms with Crippen molar-refractivity contribution in [2.24, 2.45) is 5.92 Å². The van der Waals surface area contributed by atoms with E-state index in [1.807, 2.05) is 18.2 Å². The van der Waals surface area contributed by atoms with Crippen molar-refractivity contribution in [1.29, 1.82) is 0 Å². The molecule has 0 saturated carbocycles. The number of para-hydroxylation sites is 1. The molecule has 3 atom stereocenters. The van der Waals surface area contributed by atoms with Gasteiger partial charge in [-0.3, -0.25) is 4.79 Å². The summed E-state index contributed by atoms with van der Waals surface area (Å²) >= 11 is 6.37. The highest BCUT2D eigenvalue weighted by Gasteiger charge is 2.45. The van der Waals surface area contributed by atoms with Crippen molar-refractivity contribution in [2.45, 2.75) is 18.4 Å². The Hall–Kier alpha value is -1.26. The summed E-state index contributed by atoms with van der Waals surface area (Å²) in [6, 6.07) is 6.10. The number of halogens is 1. The average molecular weight is 295 g/mol. The van der Waals surface area contributed by atoms with E-state index < -0.39 is 0 Å². The molecule has 0 aromatic heterocycles. The number of esters is 1. The van der Waals surface area contributed by atoms with Crippen molar-refractivity contribution in [3.05, 3.63) is 28.8 Å². The number of carbonyl (C=O) groups is 1. The van der Waals surface area contributed by atoms with Crippen molar-refractivity contribution in [3.8, 4) is 0 Å². The van der Waals surface area contributed by atoms with Gasteiger partial charge in [-0.2, -0.15) is 0 Å². The largest absolute Gasteiger partial charge is 0.469 e. The Kier molecular flexibility index (Phi) is 3.61. The Morgan fingerprint density at radius 1 is 1.50 bits per heavy atom. The molecule has 0 bridgehead atoms. The molecule has 0 spiro atoms. The molecule has 1 aromatic carbocycles. The molecular weight excluding hydrogens is 276 g/mol. The number of fused-ring (bicyclic) bond motifs is 2. The maximum atomic E-state index is 12.3. The summed E-state index contributed by atoms with van der Waals surface area (Å²) < 4.78 is 5.04. The van der Waals surface area contributed by atoms with Gasteiger partial charge in [-0.05, 0) is 24.6 Å². The van der Waals surface area contributed by atoms with Crippen molar-refractivity contribution in [3.63, 3.8) is 0 Å². The highest BCUT2D eigenvalue weighted by atomic mass is 35.5. The van der Waals surface area contributed by atoms with Crippen LogP contribution in [0, 0.1) is 5.92 Å². The average Bonchev–Trinajstić information content (AvgIpc) is 2.47. The van der Waals surface area contributed by atoms with Gasteiger partial charge in [0.05, 0.1) is 23.7 Å². The lowest BCUT2D eigenvalue weighted by Gasteiger charge is -2.47. The van der Waals surface area contributed by atoms with E-state index in [0.717, 1.165) is 30.8 Å². The van der Waals surface area contributed by atoms with E-state index >= 15 is 0 Å². The van der Waals surface area contributed by atoms with Crippen LogP contribution < -0.4 is 10.2 Å². The molecular formula is C15H19ClN2O2. The molecule has 0 amide bonds. The Labute approximate surface area is 124 Å². The quantitative estimate of drug-likeness (QED) is 0.805. The Morgan fingerprint density at radius 3 is 3.05 bits per heavy atom. The zero-order chi connectivity index (χ0) is 14.3. The Balaban J connectivity index is 2.14. The van der Waals surface area contributed by atoms with Crippen molar-refractivity contribution in [2.75, 3.05) is 32.1 Å². The summed E-state index contributed by atoms with van der Waals surface area (Å²) in [4.78, 5) is 14.5. The van der Waals surface area contributed by atoms with E-state index in [1.54, 1.807) is 0 Å². The van der Waals surface area contributed by atoms with Crippen LogP contribution in [0.15, 0.2) is 18.2 Å². The van der Waals surface area contributed by atoms with Gasteiger partial charge in [0, 0.05) is 25.6 Å². The third-order valence-corrected chi connectivity index (χ3v) is 4.88. The number of nitrogens with one attached hydrogen (secondary N) is 1. The van der Waals surface area contributed by atoms with Gasteiger partial charge in [0.15, 0.2) is 0 Å². The molecule has 1 fully saturated rings. The van der Waals surface area contributed by atoms with E-state index in [0.29, 0.717) is 11.1 Å². The second-order valence-corrected chi connectivity index (χ2v) is 5.92. The number of piperidine rings is 1. The summed E-state index contributed by atoms with van der Waals surface area (Å²) in [5, 5.41) is 4.10. The molecule has 1 aromatic rings. The van der Waals surface area contributed by atoms with Crippen LogP contribution in [0.5, 0.6) is 0 Å². The molecule has 1 saturated heterocycles. The minimum Gasteiger partial charge on any atom is -0.469 e. The molecule has 2 aliphatic heterocycles. The molecule has 5 heteroatoms. The van der Waals surface area contributed by atoms with Gasteiger partial charge in [-0.15, -0.1) is 0 Å². The summed E-state index contributed by atoms with van der Waals surface area (Å²) in [5.41, 5.74) is 1.96. The molecule has 108 valence electrons. The molecule has 20 heavy (non-hydrogen) atoms. The first-order chi connectivity index (χ1) is 9.65. The van der Waals surface area contributed by atoms with Crippen LogP contribution in [0.25, 0.3) is 0 Å².